The molecule has 0 radical (unpaired) electrons. The zero-order valence-electron chi connectivity index (χ0n) is 11.2. The molecule has 2 rings (SSSR count). The van der Waals surface area contributed by atoms with Gasteiger partial charge in [-0.15, -0.1) is 0 Å². The van der Waals surface area contributed by atoms with E-state index in [0.717, 1.165) is 0 Å². The molecular weight excluding hydrogens is 247 g/mol. The van der Waals surface area contributed by atoms with Crippen LogP contribution in [0.2, 0.25) is 0 Å². The number of hydrogen-bond donors (Lipinski definition) is 1. The van der Waals surface area contributed by atoms with Gasteiger partial charge in [0.1, 0.15) is 17.4 Å². The first kappa shape index (κ1) is 13.5. The number of rotatable bonds is 2. The van der Waals surface area contributed by atoms with Crippen molar-refractivity contribution in [2.24, 2.45) is 0 Å². The fourth-order valence-corrected chi connectivity index (χ4v) is 2.27. The highest BCUT2D eigenvalue weighted by Gasteiger charge is 2.45. The van der Waals surface area contributed by atoms with E-state index in [4.69, 9.17) is 0 Å². The van der Waals surface area contributed by atoms with Crippen molar-refractivity contribution in [2.45, 2.75) is 38.8 Å². The summed E-state index contributed by atoms with van der Waals surface area (Å²) in [5, 5.41) is 2.71. The molecule has 0 aromatic heterocycles. The first-order chi connectivity index (χ1) is 8.86. The summed E-state index contributed by atoms with van der Waals surface area (Å²) in [5.41, 5.74) is -0.405. The van der Waals surface area contributed by atoms with E-state index in [0.29, 0.717) is 12.1 Å². The van der Waals surface area contributed by atoms with E-state index >= 15 is 0 Å². The van der Waals surface area contributed by atoms with Gasteiger partial charge < -0.3 is 5.32 Å². The number of nitrogens with one attached hydrogen (secondary N) is 1. The summed E-state index contributed by atoms with van der Waals surface area (Å²) in [5.74, 6) is -0.744. The Labute approximate surface area is 111 Å². The third-order valence-corrected chi connectivity index (χ3v) is 3.29. The minimum atomic E-state index is -0.947. The minimum Gasteiger partial charge on any atom is -0.340 e. The van der Waals surface area contributed by atoms with Crippen LogP contribution in [-0.2, 0) is 9.59 Å². The molecule has 1 aromatic rings. The van der Waals surface area contributed by atoms with Crippen molar-refractivity contribution in [2.75, 3.05) is 4.90 Å². The highest BCUT2D eigenvalue weighted by Crippen LogP contribution is 2.26. The van der Waals surface area contributed by atoms with E-state index in [1.54, 1.807) is 13.8 Å². The van der Waals surface area contributed by atoms with Gasteiger partial charge >= 0.3 is 0 Å². The van der Waals surface area contributed by atoms with Crippen LogP contribution >= 0.6 is 0 Å². The second kappa shape index (κ2) is 4.64. The molecule has 1 saturated heterocycles. The highest BCUT2D eigenvalue weighted by atomic mass is 19.1. The molecule has 5 heteroatoms. The second-order valence-corrected chi connectivity index (χ2v) is 5.19. The smallest absolute Gasteiger partial charge is 0.252 e. The number of carbonyl (C=O) groups excluding carboxylic acids is 2. The van der Waals surface area contributed by atoms with Crippen molar-refractivity contribution >= 4 is 17.5 Å². The van der Waals surface area contributed by atoms with Gasteiger partial charge in [0, 0.05) is 5.69 Å². The Morgan fingerprint density at radius 2 is 1.84 bits per heavy atom. The topological polar surface area (TPSA) is 49.4 Å². The van der Waals surface area contributed by atoms with Gasteiger partial charge in [-0.05, 0) is 44.5 Å². The summed E-state index contributed by atoms with van der Waals surface area (Å²) in [4.78, 5) is 26.0. The lowest BCUT2D eigenvalue weighted by Crippen LogP contribution is -2.68. The molecule has 0 spiro atoms. The van der Waals surface area contributed by atoms with E-state index in [2.05, 4.69) is 5.32 Å². The van der Waals surface area contributed by atoms with Gasteiger partial charge in [0.25, 0.3) is 5.91 Å². The van der Waals surface area contributed by atoms with E-state index in [9.17, 15) is 14.0 Å². The Morgan fingerprint density at radius 3 is 2.37 bits per heavy atom. The van der Waals surface area contributed by atoms with Gasteiger partial charge in [0.15, 0.2) is 0 Å². The molecule has 1 atom stereocenters. The third kappa shape index (κ3) is 2.32. The van der Waals surface area contributed by atoms with Crippen molar-refractivity contribution in [3.63, 3.8) is 0 Å². The molecule has 102 valence electrons. The average molecular weight is 264 g/mol. The van der Waals surface area contributed by atoms with Crippen LogP contribution in [0.5, 0.6) is 0 Å². The number of amides is 2. The van der Waals surface area contributed by atoms with Gasteiger partial charge in [-0.25, -0.2) is 4.39 Å². The molecular formula is C14H17FN2O2. The minimum absolute atomic E-state index is 0.184. The van der Waals surface area contributed by atoms with Crippen LogP contribution in [0.3, 0.4) is 0 Å². The fraction of sp³-hybridized carbons (Fsp3) is 0.429. The molecule has 0 bridgehead atoms. The number of nitrogens with zero attached hydrogens (tertiary/aromatic N) is 1. The molecule has 4 nitrogen and oxygen atoms in total. The van der Waals surface area contributed by atoms with Gasteiger partial charge in [0.2, 0.25) is 5.91 Å². The number of carbonyl (C=O) groups is 2. The van der Waals surface area contributed by atoms with Crippen molar-refractivity contribution in [3.05, 3.63) is 30.1 Å². The lowest BCUT2D eigenvalue weighted by Gasteiger charge is -2.42. The van der Waals surface area contributed by atoms with Crippen molar-refractivity contribution < 1.29 is 14.0 Å². The number of hydrogen-bond acceptors (Lipinski definition) is 2. The maximum Gasteiger partial charge on any atom is 0.252 e. The van der Waals surface area contributed by atoms with Crippen LogP contribution < -0.4 is 10.2 Å². The van der Waals surface area contributed by atoms with Crippen LogP contribution in [0.1, 0.15) is 27.2 Å². The number of anilines is 1. The summed E-state index contributed by atoms with van der Waals surface area (Å²) in [6.07, 6.45) is 0.505. The Bertz CT molecular complexity index is 511. The Morgan fingerprint density at radius 1 is 1.26 bits per heavy atom. The summed E-state index contributed by atoms with van der Waals surface area (Å²) < 4.78 is 13.0. The van der Waals surface area contributed by atoms with Crippen LogP contribution in [0, 0.1) is 5.82 Å². The second-order valence-electron chi connectivity index (χ2n) is 5.19. The molecule has 2 amide bonds. The molecule has 1 fully saturated rings. The molecule has 1 aliphatic rings. The van der Waals surface area contributed by atoms with Crippen molar-refractivity contribution in [3.8, 4) is 0 Å². The van der Waals surface area contributed by atoms with Crippen LogP contribution in [-0.4, -0.2) is 23.4 Å². The van der Waals surface area contributed by atoms with Gasteiger partial charge in [-0.1, -0.05) is 6.92 Å². The van der Waals surface area contributed by atoms with E-state index in [-0.39, 0.29) is 17.6 Å². The number of benzene rings is 1. The van der Waals surface area contributed by atoms with Gasteiger partial charge in [-0.2, -0.15) is 0 Å². The van der Waals surface area contributed by atoms with Crippen LogP contribution in [0.15, 0.2) is 24.3 Å². The molecule has 1 N–H and O–H groups in total. The zero-order valence-corrected chi connectivity index (χ0v) is 11.2. The summed E-state index contributed by atoms with van der Waals surface area (Å²) in [6.45, 7) is 5.16. The molecule has 1 unspecified atom stereocenters. The summed E-state index contributed by atoms with van der Waals surface area (Å²) in [6, 6.07) is 5.06. The summed E-state index contributed by atoms with van der Waals surface area (Å²) in [7, 11) is 0. The number of piperazine rings is 1. The van der Waals surface area contributed by atoms with E-state index in [1.165, 1.54) is 29.2 Å². The molecule has 1 aromatic carbocycles. The monoisotopic (exact) mass is 264 g/mol. The molecule has 1 aliphatic heterocycles. The summed E-state index contributed by atoms with van der Waals surface area (Å²) >= 11 is 0. The fourth-order valence-electron chi connectivity index (χ4n) is 2.27. The van der Waals surface area contributed by atoms with Crippen molar-refractivity contribution in [1.82, 2.24) is 5.32 Å². The molecule has 0 saturated carbocycles. The normalized spacial score (nSPS) is 22.3. The lowest BCUT2D eigenvalue weighted by molar-refractivity contribution is -0.137. The molecule has 19 heavy (non-hydrogen) atoms. The van der Waals surface area contributed by atoms with Crippen LogP contribution in [0.25, 0.3) is 0 Å². The lowest BCUT2D eigenvalue weighted by atomic mass is 9.95. The van der Waals surface area contributed by atoms with Crippen LogP contribution in [0.4, 0.5) is 10.1 Å². The predicted molar refractivity (Wildman–Crippen MR) is 70.2 cm³/mol. The Kier molecular flexibility index (Phi) is 3.30. The number of halogens is 1. The zero-order chi connectivity index (χ0) is 14.2. The van der Waals surface area contributed by atoms with E-state index in [1.807, 2.05) is 6.92 Å². The Balaban J connectivity index is 2.45. The average Bonchev–Trinajstić information content (AvgIpc) is 2.34. The largest absolute Gasteiger partial charge is 0.340 e. The van der Waals surface area contributed by atoms with Gasteiger partial charge in [0.05, 0.1) is 0 Å². The highest BCUT2D eigenvalue weighted by molar-refractivity contribution is 6.10. The molecule has 0 aliphatic carbocycles. The molecule has 1 heterocycles. The first-order valence-electron chi connectivity index (χ1n) is 6.28. The Hall–Kier alpha value is -1.91. The maximum atomic E-state index is 13.0. The van der Waals surface area contributed by atoms with Gasteiger partial charge in [-0.3, -0.25) is 14.5 Å². The van der Waals surface area contributed by atoms with E-state index < -0.39 is 11.6 Å². The standard InChI is InChI=1S/C14H17FN2O2/c1-4-11-12(18)16-14(2,3)13(19)17(11)10-7-5-9(15)6-8-10/h5-8,11H,4H2,1-3H3,(H,16,18). The SMILES string of the molecule is CCC1C(=O)NC(C)(C)C(=O)N1c1ccc(F)cc1. The maximum absolute atomic E-state index is 13.0. The first-order valence-corrected chi connectivity index (χ1v) is 6.28. The quantitative estimate of drug-likeness (QED) is 0.886. The predicted octanol–water partition coefficient (Wildman–Crippen LogP) is 1.85. The van der Waals surface area contributed by atoms with Crippen molar-refractivity contribution in [1.29, 1.82) is 0 Å². The third-order valence-electron chi connectivity index (χ3n) is 3.29.